The van der Waals surface area contributed by atoms with Crippen molar-refractivity contribution >= 4 is 5.69 Å². The summed E-state index contributed by atoms with van der Waals surface area (Å²) in [5, 5.41) is 3.06. The average molecular weight is 487 g/mol. The molecule has 190 valence electrons. The number of alkyl halides is 3. The van der Waals surface area contributed by atoms with Gasteiger partial charge in [0.1, 0.15) is 11.6 Å². The fourth-order valence-electron chi connectivity index (χ4n) is 3.61. The summed E-state index contributed by atoms with van der Waals surface area (Å²) < 4.78 is 63.9. The van der Waals surface area contributed by atoms with Crippen LogP contribution in [0, 0.1) is 11.6 Å². The molecule has 0 heterocycles. The van der Waals surface area contributed by atoms with E-state index in [9.17, 15) is 22.0 Å². The number of halogens is 5. The molecule has 0 atom stereocenters. The molecule has 0 aromatic heterocycles. The second-order valence-electron chi connectivity index (χ2n) is 7.72. The van der Waals surface area contributed by atoms with Crippen LogP contribution in [0.4, 0.5) is 27.6 Å². The number of rotatable bonds is 6. The Morgan fingerprint density at radius 3 is 2.18 bits per heavy atom. The molecule has 9 heteroatoms. The quantitative estimate of drug-likeness (QED) is 0.385. The van der Waals surface area contributed by atoms with E-state index in [-0.39, 0.29) is 12.1 Å². The van der Waals surface area contributed by atoms with Crippen LogP contribution in [0.2, 0.25) is 0 Å². The highest BCUT2D eigenvalue weighted by atomic mass is 19.4. The lowest BCUT2D eigenvalue weighted by atomic mass is 9.91. The Bertz CT molecular complexity index is 926. The molecule has 0 aliphatic heterocycles. The third kappa shape index (κ3) is 8.95. The highest BCUT2D eigenvalue weighted by Crippen LogP contribution is 2.31. The van der Waals surface area contributed by atoms with Crippen LogP contribution >= 0.6 is 0 Å². The largest absolute Gasteiger partial charge is 0.416 e. The Morgan fingerprint density at radius 1 is 0.971 bits per heavy atom. The SMILES string of the molecule is CCCNc1c(F)cc(F)cc1CC1=C(N)CCCC1.CN.NCc1ccccc1C(F)(F)F. The maximum absolute atomic E-state index is 13.9. The average Bonchev–Trinajstić information content (AvgIpc) is 2.81. The summed E-state index contributed by atoms with van der Waals surface area (Å²) in [7, 11) is 1.50. The zero-order valence-electron chi connectivity index (χ0n) is 19.7. The van der Waals surface area contributed by atoms with Gasteiger partial charge in [0.05, 0.1) is 11.3 Å². The summed E-state index contributed by atoms with van der Waals surface area (Å²) in [4.78, 5) is 0. The molecule has 34 heavy (non-hydrogen) atoms. The van der Waals surface area contributed by atoms with E-state index in [0.29, 0.717) is 24.2 Å². The minimum atomic E-state index is -4.30. The van der Waals surface area contributed by atoms with Crippen LogP contribution in [-0.4, -0.2) is 13.6 Å². The molecule has 0 saturated carbocycles. The molecule has 2 aromatic rings. The molecule has 3 rings (SSSR count). The van der Waals surface area contributed by atoms with Crippen LogP contribution in [0.1, 0.15) is 55.7 Å². The Morgan fingerprint density at radius 2 is 1.62 bits per heavy atom. The monoisotopic (exact) mass is 486 g/mol. The van der Waals surface area contributed by atoms with Gasteiger partial charge in [0.15, 0.2) is 0 Å². The molecular weight excluding hydrogens is 451 g/mol. The standard InChI is InChI=1S/C16H22F2N2.C8H8F3N.CH5N/c1-2-7-20-16-12(9-13(17)10-14(16)18)8-11-5-3-4-6-15(11)19;9-8(10,11)7-4-2-1-3-6(7)5-12;1-2/h9-10,20H,2-8,19H2,1H3;1-4H,5,12H2;2H2,1H3. The molecule has 0 saturated heterocycles. The Balaban J connectivity index is 0.000000353. The van der Waals surface area contributed by atoms with Gasteiger partial charge in [-0.05, 0) is 74.4 Å². The van der Waals surface area contributed by atoms with Crippen LogP contribution < -0.4 is 22.5 Å². The molecule has 7 N–H and O–H groups in total. The van der Waals surface area contributed by atoms with Crippen LogP contribution in [-0.2, 0) is 19.1 Å². The van der Waals surface area contributed by atoms with E-state index in [0.717, 1.165) is 55.5 Å². The van der Waals surface area contributed by atoms with E-state index in [4.69, 9.17) is 11.5 Å². The first-order valence-corrected chi connectivity index (χ1v) is 11.3. The summed E-state index contributed by atoms with van der Waals surface area (Å²) in [6, 6.07) is 7.64. The highest BCUT2D eigenvalue weighted by molar-refractivity contribution is 5.54. The summed E-state index contributed by atoms with van der Waals surface area (Å²) in [6.45, 7) is 2.59. The molecule has 0 fully saturated rings. The zero-order valence-corrected chi connectivity index (χ0v) is 19.7. The molecule has 1 aliphatic rings. The summed E-state index contributed by atoms with van der Waals surface area (Å²) >= 11 is 0. The first kappa shape index (κ1) is 29.4. The lowest BCUT2D eigenvalue weighted by Crippen LogP contribution is -2.12. The van der Waals surface area contributed by atoms with Gasteiger partial charge in [-0.15, -0.1) is 0 Å². The fourth-order valence-corrected chi connectivity index (χ4v) is 3.61. The highest BCUT2D eigenvalue weighted by Gasteiger charge is 2.32. The van der Waals surface area contributed by atoms with E-state index in [1.54, 1.807) is 0 Å². The van der Waals surface area contributed by atoms with Crippen molar-refractivity contribution in [1.82, 2.24) is 0 Å². The van der Waals surface area contributed by atoms with Crippen molar-refractivity contribution in [3.63, 3.8) is 0 Å². The van der Waals surface area contributed by atoms with E-state index in [1.807, 2.05) is 6.92 Å². The zero-order chi connectivity index (χ0) is 25.7. The smallest absolute Gasteiger partial charge is 0.402 e. The van der Waals surface area contributed by atoms with Crippen LogP contribution in [0.3, 0.4) is 0 Å². The number of hydrogen-bond acceptors (Lipinski definition) is 4. The van der Waals surface area contributed by atoms with E-state index < -0.39 is 23.4 Å². The van der Waals surface area contributed by atoms with Gasteiger partial charge in [-0.25, -0.2) is 8.78 Å². The van der Waals surface area contributed by atoms with Crippen molar-refractivity contribution < 1.29 is 22.0 Å². The van der Waals surface area contributed by atoms with Crippen LogP contribution in [0.15, 0.2) is 47.7 Å². The molecule has 0 amide bonds. The van der Waals surface area contributed by atoms with E-state index in [1.165, 1.54) is 31.3 Å². The number of hydrogen-bond donors (Lipinski definition) is 4. The molecule has 0 unspecified atom stereocenters. The summed E-state index contributed by atoms with van der Waals surface area (Å²) in [5.41, 5.74) is 18.3. The molecule has 1 aliphatic carbocycles. The van der Waals surface area contributed by atoms with Gasteiger partial charge in [-0.2, -0.15) is 13.2 Å². The third-order valence-electron chi connectivity index (χ3n) is 5.26. The number of nitrogens with one attached hydrogen (secondary N) is 1. The lowest BCUT2D eigenvalue weighted by molar-refractivity contribution is -0.138. The normalized spacial score (nSPS) is 13.4. The van der Waals surface area contributed by atoms with Crippen molar-refractivity contribution in [3.05, 3.63) is 76.0 Å². The third-order valence-corrected chi connectivity index (χ3v) is 5.26. The second-order valence-corrected chi connectivity index (χ2v) is 7.72. The summed E-state index contributed by atoms with van der Waals surface area (Å²) in [5.74, 6) is -1.06. The fraction of sp³-hybridized carbons (Fsp3) is 0.440. The molecule has 0 bridgehead atoms. The minimum absolute atomic E-state index is 0.0876. The lowest BCUT2D eigenvalue weighted by Gasteiger charge is -2.19. The Hall–Kier alpha value is -2.65. The molecule has 0 spiro atoms. The Labute approximate surface area is 198 Å². The molecule has 4 nitrogen and oxygen atoms in total. The van der Waals surface area contributed by atoms with Gasteiger partial charge < -0.3 is 22.5 Å². The van der Waals surface area contributed by atoms with E-state index >= 15 is 0 Å². The van der Waals surface area contributed by atoms with Crippen molar-refractivity contribution in [2.75, 3.05) is 18.9 Å². The minimum Gasteiger partial charge on any atom is -0.402 e. The molecule has 2 aromatic carbocycles. The van der Waals surface area contributed by atoms with Crippen LogP contribution in [0.25, 0.3) is 0 Å². The van der Waals surface area contributed by atoms with Crippen molar-refractivity contribution in [2.24, 2.45) is 17.2 Å². The predicted octanol–water partition coefficient (Wildman–Crippen LogP) is 5.86. The number of benzene rings is 2. The number of allylic oxidation sites excluding steroid dienone is 2. The van der Waals surface area contributed by atoms with Gasteiger partial charge in [0.25, 0.3) is 0 Å². The van der Waals surface area contributed by atoms with Crippen molar-refractivity contribution in [2.45, 2.75) is 58.2 Å². The maximum Gasteiger partial charge on any atom is 0.416 e. The number of nitrogens with two attached hydrogens (primary N) is 3. The first-order valence-electron chi connectivity index (χ1n) is 11.3. The van der Waals surface area contributed by atoms with Gasteiger partial charge in [0, 0.05) is 24.9 Å². The second kappa shape index (κ2) is 14.6. The summed E-state index contributed by atoms with van der Waals surface area (Å²) in [6.07, 6.45) is 1.16. The van der Waals surface area contributed by atoms with Gasteiger partial charge >= 0.3 is 6.18 Å². The first-order chi connectivity index (χ1) is 16.2. The van der Waals surface area contributed by atoms with Gasteiger partial charge in [-0.1, -0.05) is 25.1 Å². The van der Waals surface area contributed by atoms with E-state index in [2.05, 4.69) is 11.1 Å². The molecule has 0 radical (unpaired) electrons. The predicted molar refractivity (Wildman–Crippen MR) is 128 cm³/mol. The Kier molecular flexibility index (Phi) is 12.6. The van der Waals surface area contributed by atoms with Crippen LogP contribution in [0.5, 0.6) is 0 Å². The number of anilines is 1. The topological polar surface area (TPSA) is 90.1 Å². The molecular formula is C25H35F5N4. The van der Waals surface area contributed by atoms with Gasteiger partial charge in [0.2, 0.25) is 0 Å². The van der Waals surface area contributed by atoms with Crippen molar-refractivity contribution in [1.29, 1.82) is 0 Å². The van der Waals surface area contributed by atoms with Gasteiger partial charge in [-0.3, -0.25) is 0 Å². The maximum atomic E-state index is 13.9. The van der Waals surface area contributed by atoms with Crippen molar-refractivity contribution in [3.8, 4) is 0 Å².